The van der Waals surface area contributed by atoms with Crippen LogP contribution in [0.4, 0.5) is 4.79 Å². The number of amides is 1. The molecule has 1 amide bonds. The Kier molecular flexibility index (Phi) is 6.05. The fourth-order valence-corrected chi connectivity index (χ4v) is 5.10. The number of rotatable bonds is 5. The van der Waals surface area contributed by atoms with Crippen LogP contribution in [0.5, 0.6) is 0 Å². The van der Waals surface area contributed by atoms with Crippen LogP contribution in [0.25, 0.3) is 5.69 Å². The quantitative estimate of drug-likeness (QED) is 0.570. The van der Waals surface area contributed by atoms with Crippen LogP contribution < -0.4 is 0 Å². The van der Waals surface area contributed by atoms with Gasteiger partial charge in [0.15, 0.2) is 0 Å². The number of carboxylic acids is 1. The summed E-state index contributed by atoms with van der Waals surface area (Å²) in [6, 6.07) is 8.04. The first-order valence-electron chi connectivity index (χ1n) is 12.4. The number of aryl methyl sites for hydroxylation is 1. The van der Waals surface area contributed by atoms with E-state index in [4.69, 9.17) is 4.74 Å². The van der Waals surface area contributed by atoms with Gasteiger partial charge in [-0.3, -0.25) is 4.68 Å². The topological polar surface area (TPSA) is 115 Å². The number of aromatic carboxylic acids is 1. The molecule has 1 saturated carbocycles. The molecule has 1 N–H and O–H groups in total. The lowest BCUT2D eigenvalue weighted by Crippen LogP contribution is -2.42. The van der Waals surface area contributed by atoms with E-state index >= 15 is 0 Å². The molecule has 1 saturated heterocycles. The Morgan fingerprint density at radius 3 is 2.69 bits per heavy atom. The highest BCUT2D eigenvalue weighted by Gasteiger charge is 2.46. The van der Waals surface area contributed by atoms with Gasteiger partial charge in [-0.15, -0.1) is 5.10 Å². The Hall–Kier alpha value is -3.69. The predicted octanol–water partition coefficient (Wildman–Crippen LogP) is 4.08. The van der Waals surface area contributed by atoms with Gasteiger partial charge in [0, 0.05) is 44.1 Å². The number of hydrogen-bond acceptors (Lipinski definition) is 6. The van der Waals surface area contributed by atoms with Crippen molar-refractivity contribution in [1.29, 1.82) is 0 Å². The molecule has 1 unspecified atom stereocenters. The van der Waals surface area contributed by atoms with Crippen LogP contribution in [-0.4, -0.2) is 65.5 Å². The highest BCUT2D eigenvalue weighted by molar-refractivity contribution is 5.89. The van der Waals surface area contributed by atoms with Gasteiger partial charge in [-0.25, -0.2) is 14.3 Å². The van der Waals surface area contributed by atoms with Gasteiger partial charge in [-0.2, -0.15) is 5.10 Å². The monoisotopic (exact) mass is 492 g/mol. The Morgan fingerprint density at radius 2 is 2.00 bits per heavy atom. The number of carbonyl (C=O) groups excluding carboxylic acids is 1. The zero-order valence-electron chi connectivity index (χ0n) is 21.1. The highest BCUT2D eigenvalue weighted by atomic mass is 16.6. The van der Waals surface area contributed by atoms with E-state index in [9.17, 15) is 14.7 Å². The van der Waals surface area contributed by atoms with Crippen LogP contribution in [0.3, 0.4) is 0 Å². The largest absolute Gasteiger partial charge is 0.478 e. The molecule has 1 aliphatic heterocycles. The Bertz CT molecular complexity index is 1290. The second kappa shape index (κ2) is 9.07. The molecule has 10 heteroatoms. The summed E-state index contributed by atoms with van der Waals surface area (Å²) < 4.78 is 9.00. The van der Waals surface area contributed by atoms with E-state index in [0.29, 0.717) is 18.8 Å². The lowest BCUT2D eigenvalue weighted by Gasteiger charge is -2.34. The van der Waals surface area contributed by atoms with E-state index in [1.165, 1.54) is 6.20 Å². The molecule has 2 fully saturated rings. The van der Waals surface area contributed by atoms with Gasteiger partial charge in [0.1, 0.15) is 11.2 Å². The molecule has 3 heterocycles. The first-order chi connectivity index (χ1) is 17.1. The standard InChI is InChI=1S/C26H32N6O4/c1-26(2,3)36-25(35)31-10-6-8-17(14-31)16-7-5-9-18(11-16)32-23(21(13-27-32)24(33)34)20-12-19(20)22-15-30(4)29-28-22/h5,7,9,11,13,15,17,19-20H,6,8,10,12,14H2,1-4H3,(H,33,34)/t17?,19-,20-/m1/s1. The van der Waals surface area contributed by atoms with Gasteiger partial charge in [0.05, 0.1) is 23.3 Å². The van der Waals surface area contributed by atoms with E-state index in [0.717, 1.165) is 36.2 Å². The Morgan fingerprint density at radius 1 is 1.19 bits per heavy atom. The van der Waals surface area contributed by atoms with Gasteiger partial charge in [-0.05, 0) is 57.7 Å². The maximum Gasteiger partial charge on any atom is 0.410 e. The Balaban J connectivity index is 1.41. The molecule has 0 spiro atoms. The van der Waals surface area contributed by atoms with Crippen molar-refractivity contribution in [1.82, 2.24) is 29.7 Å². The number of ether oxygens (including phenoxy) is 1. The number of nitrogens with zero attached hydrogens (tertiary/aromatic N) is 6. The molecule has 0 bridgehead atoms. The van der Waals surface area contributed by atoms with Gasteiger partial charge >= 0.3 is 12.1 Å². The van der Waals surface area contributed by atoms with Crippen molar-refractivity contribution in [3.63, 3.8) is 0 Å². The lowest BCUT2D eigenvalue weighted by atomic mass is 9.90. The summed E-state index contributed by atoms with van der Waals surface area (Å²) in [5, 5.41) is 22.6. The zero-order valence-corrected chi connectivity index (χ0v) is 21.1. The molecular formula is C26H32N6O4. The number of aromatic nitrogens is 5. The molecule has 36 heavy (non-hydrogen) atoms. The molecule has 0 radical (unpaired) electrons. The third-order valence-corrected chi connectivity index (χ3v) is 6.84. The summed E-state index contributed by atoms with van der Waals surface area (Å²) in [5.41, 5.74) is 3.15. The van der Waals surface area contributed by atoms with Crippen LogP contribution in [0.15, 0.2) is 36.7 Å². The lowest BCUT2D eigenvalue weighted by molar-refractivity contribution is 0.0198. The summed E-state index contributed by atoms with van der Waals surface area (Å²) >= 11 is 0. The van der Waals surface area contributed by atoms with Crippen LogP contribution in [0.1, 0.15) is 85.1 Å². The molecule has 10 nitrogen and oxygen atoms in total. The van der Waals surface area contributed by atoms with Crippen molar-refractivity contribution >= 4 is 12.1 Å². The van der Waals surface area contributed by atoms with Crippen molar-refractivity contribution < 1.29 is 19.4 Å². The number of carboxylic acid groups (broad SMARTS) is 1. The number of benzene rings is 1. The molecule has 5 rings (SSSR count). The second-order valence-electron chi connectivity index (χ2n) is 10.8. The average molecular weight is 493 g/mol. The molecule has 2 aromatic heterocycles. The first kappa shape index (κ1) is 24.0. The minimum atomic E-state index is -0.988. The van der Waals surface area contributed by atoms with Crippen LogP contribution in [-0.2, 0) is 11.8 Å². The van der Waals surface area contributed by atoms with Gasteiger partial charge in [0.25, 0.3) is 0 Å². The summed E-state index contributed by atoms with van der Waals surface area (Å²) in [5.74, 6) is -0.692. The molecule has 190 valence electrons. The molecule has 3 atom stereocenters. The minimum Gasteiger partial charge on any atom is -0.478 e. The van der Waals surface area contributed by atoms with Gasteiger partial charge < -0.3 is 14.7 Å². The van der Waals surface area contributed by atoms with Gasteiger partial charge in [-0.1, -0.05) is 17.3 Å². The molecule has 1 aliphatic carbocycles. The number of likely N-dealkylation sites (tertiary alicyclic amines) is 1. The van der Waals surface area contributed by atoms with Crippen LogP contribution in [0.2, 0.25) is 0 Å². The summed E-state index contributed by atoms with van der Waals surface area (Å²) in [6.45, 7) is 6.89. The van der Waals surface area contributed by atoms with Crippen molar-refractivity contribution in [2.45, 2.75) is 63.4 Å². The zero-order chi connectivity index (χ0) is 25.6. The fraction of sp³-hybridized carbons (Fsp3) is 0.500. The fourth-order valence-electron chi connectivity index (χ4n) is 5.10. The number of hydrogen-bond donors (Lipinski definition) is 1. The number of carbonyl (C=O) groups is 2. The molecule has 3 aromatic rings. The van der Waals surface area contributed by atoms with Crippen LogP contribution in [0, 0.1) is 0 Å². The van der Waals surface area contributed by atoms with E-state index < -0.39 is 11.6 Å². The van der Waals surface area contributed by atoms with Crippen molar-refractivity contribution in [3.8, 4) is 5.69 Å². The van der Waals surface area contributed by atoms with E-state index in [1.54, 1.807) is 14.3 Å². The number of piperidine rings is 1. The maximum absolute atomic E-state index is 12.6. The molecule has 1 aromatic carbocycles. The first-order valence-corrected chi connectivity index (χ1v) is 12.4. The SMILES string of the molecule is Cn1cc([C@@H]2C[C@H]2c2c(C(=O)O)cnn2-c2cccc(C3CCCN(C(=O)OC(C)(C)C)C3)c2)nn1. The van der Waals surface area contributed by atoms with Crippen LogP contribution >= 0.6 is 0 Å². The summed E-state index contributed by atoms with van der Waals surface area (Å²) in [4.78, 5) is 26.5. The summed E-state index contributed by atoms with van der Waals surface area (Å²) in [6.07, 6.45) is 5.69. The van der Waals surface area contributed by atoms with E-state index in [2.05, 4.69) is 27.5 Å². The summed E-state index contributed by atoms with van der Waals surface area (Å²) in [7, 11) is 1.82. The third kappa shape index (κ3) is 4.84. The maximum atomic E-state index is 12.6. The Labute approximate surface area is 209 Å². The normalized spacial score (nSPS) is 21.9. The van der Waals surface area contributed by atoms with E-state index in [1.807, 2.05) is 46.1 Å². The van der Waals surface area contributed by atoms with Crippen molar-refractivity contribution in [2.75, 3.05) is 13.1 Å². The predicted molar refractivity (Wildman–Crippen MR) is 131 cm³/mol. The second-order valence-corrected chi connectivity index (χ2v) is 10.8. The van der Waals surface area contributed by atoms with Crippen molar-refractivity contribution in [2.24, 2.45) is 7.05 Å². The van der Waals surface area contributed by atoms with E-state index in [-0.39, 0.29) is 29.4 Å². The molecular weight excluding hydrogens is 460 g/mol. The minimum absolute atomic E-state index is 0.0105. The highest BCUT2D eigenvalue weighted by Crippen LogP contribution is 2.55. The average Bonchev–Trinajstić information content (AvgIpc) is 3.27. The third-order valence-electron chi connectivity index (χ3n) is 6.84. The smallest absolute Gasteiger partial charge is 0.410 e. The molecule has 2 aliphatic rings. The van der Waals surface area contributed by atoms with Gasteiger partial charge in [0.2, 0.25) is 0 Å². The van der Waals surface area contributed by atoms with Crippen molar-refractivity contribution in [3.05, 3.63) is 59.2 Å².